The zero-order valence-electron chi connectivity index (χ0n) is 14.6. The first-order chi connectivity index (χ1) is 12.9. The van der Waals surface area contributed by atoms with Crippen LogP contribution in [0.25, 0.3) is 5.57 Å². The Labute approximate surface area is 197 Å². The van der Waals surface area contributed by atoms with E-state index < -0.39 is 11.4 Å². The van der Waals surface area contributed by atoms with Crippen LogP contribution < -0.4 is 4.31 Å². The summed E-state index contributed by atoms with van der Waals surface area (Å²) in [4.78, 5) is 2.07. The lowest BCUT2D eigenvalue weighted by atomic mass is 9.77. The van der Waals surface area contributed by atoms with E-state index >= 15 is 0 Å². The molecule has 0 N–H and O–H groups in total. The largest absolute Gasteiger partial charge is 0.588 e. The number of hydrogen-bond acceptors (Lipinski definition) is 3. The third-order valence-electron chi connectivity index (χ3n) is 4.60. The van der Waals surface area contributed by atoms with Crippen molar-refractivity contribution in [2.75, 3.05) is 10.8 Å². The summed E-state index contributed by atoms with van der Waals surface area (Å²) in [6.45, 7) is 0.651. The summed E-state index contributed by atoms with van der Waals surface area (Å²) < 4.78 is 16.7. The molecular weight excluding hydrogens is 618 g/mol. The predicted octanol–water partition coefficient (Wildman–Crippen LogP) is 4.73. The number of thiophene rings is 1. The molecule has 4 atom stereocenters. The zero-order valence-corrected chi connectivity index (χ0v) is 21.7. The Balaban J connectivity index is 1.80. The lowest BCUT2D eigenvalue weighted by Gasteiger charge is -2.35. The van der Waals surface area contributed by atoms with Gasteiger partial charge < -0.3 is 4.55 Å². The van der Waals surface area contributed by atoms with E-state index in [4.69, 9.17) is 0 Å². The van der Waals surface area contributed by atoms with Crippen LogP contribution in [0.2, 0.25) is 0 Å². The smallest absolute Gasteiger partial charge is 0.179 e. The maximum absolute atomic E-state index is 13.5. The number of anilines is 1. The van der Waals surface area contributed by atoms with Crippen LogP contribution in [0.15, 0.2) is 71.2 Å². The van der Waals surface area contributed by atoms with E-state index in [0.29, 0.717) is 6.54 Å². The third-order valence-corrected chi connectivity index (χ3v) is 9.25. The Morgan fingerprint density at radius 1 is 1.30 bits per heavy atom. The second-order valence-corrected chi connectivity index (χ2v) is 14.0. The summed E-state index contributed by atoms with van der Waals surface area (Å²) in [6.07, 6.45) is 18.7. The van der Waals surface area contributed by atoms with Crippen molar-refractivity contribution in [1.29, 1.82) is 0 Å². The average molecular weight is 635 g/mol. The first-order valence-corrected chi connectivity index (χ1v) is 13.2. The number of hydrogen-bond donors (Lipinski definition) is 0. The Morgan fingerprint density at radius 2 is 2.11 bits per heavy atom. The van der Waals surface area contributed by atoms with Crippen LogP contribution in [0.3, 0.4) is 0 Å². The lowest BCUT2D eigenvalue weighted by molar-refractivity contribution is 0.598. The molecule has 0 bridgehead atoms. The number of halogens is 2. The van der Waals surface area contributed by atoms with Crippen molar-refractivity contribution in [2.24, 2.45) is 0 Å². The summed E-state index contributed by atoms with van der Waals surface area (Å²) in [5.74, 6) is 0. The van der Waals surface area contributed by atoms with Gasteiger partial charge in [0.2, 0.25) is 0 Å². The molecule has 3 aliphatic rings. The van der Waals surface area contributed by atoms with Gasteiger partial charge in [0.25, 0.3) is 0 Å². The molecule has 0 radical (unpaired) electrons. The maximum atomic E-state index is 13.5. The van der Waals surface area contributed by atoms with Crippen LogP contribution in [-0.4, -0.2) is 27.9 Å². The first kappa shape index (κ1) is 20.5. The topological polar surface area (TPSA) is 26.3 Å². The van der Waals surface area contributed by atoms with Gasteiger partial charge >= 0.3 is 0 Å². The van der Waals surface area contributed by atoms with Crippen molar-refractivity contribution < 1.29 is 4.55 Å². The standard InChI is InChI=1S/C19H17BI2NOPS2/c20-19(22)9-2-1-4-12-11-23(15-10-16(21)26-18(15)17(12)19)27(24)14-6-3-5-13(25)7-8-14/h1-10,13H,11,20,25H2. The Kier molecular flexibility index (Phi) is 6.18. The van der Waals surface area contributed by atoms with E-state index in [-0.39, 0.29) is 8.98 Å². The molecular formula is C19H17BI2NOPS2. The molecule has 1 aromatic heterocycles. The summed E-state index contributed by atoms with van der Waals surface area (Å²) in [7, 11) is 5.01. The lowest BCUT2D eigenvalue weighted by Crippen LogP contribution is -2.37. The quantitative estimate of drug-likeness (QED) is 0.155. The minimum atomic E-state index is -1.25. The predicted molar refractivity (Wildman–Crippen MR) is 143 cm³/mol. The molecule has 2 heterocycles. The van der Waals surface area contributed by atoms with Crippen molar-refractivity contribution in [2.45, 2.75) is 8.98 Å². The SMILES string of the molecule is BC1(I)C=CC=CC2=C1c1sc(I)cc1N([S+]([O-])C1=CC=CC(P)C=C1)C2. The summed E-state index contributed by atoms with van der Waals surface area (Å²) >= 11 is 5.43. The Bertz CT molecular complexity index is 961. The van der Waals surface area contributed by atoms with Crippen molar-refractivity contribution in [3.8, 4) is 0 Å². The van der Waals surface area contributed by atoms with Gasteiger partial charge in [-0.2, -0.15) is 4.31 Å². The molecule has 4 unspecified atom stereocenters. The molecule has 2 aliphatic carbocycles. The van der Waals surface area contributed by atoms with E-state index in [2.05, 4.69) is 105 Å². The molecule has 4 rings (SSSR count). The number of alkyl halides is 1. The van der Waals surface area contributed by atoms with E-state index in [1.54, 1.807) is 11.3 Å². The van der Waals surface area contributed by atoms with Crippen molar-refractivity contribution in [1.82, 2.24) is 0 Å². The normalized spacial score (nSPS) is 27.8. The second kappa shape index (κ2) is 8.15. The highest BCUT2D eigenvalue weighted by molar-refractivity contribution is 14.1. The van der Waals surface area contributed by atoms with Gasteiger partial charge in [0, 0.05) is 8.98 Å². The molecule has 0 fully saturated rings. The van der Waals surface area contributed by atoms with Gasteiger partial charge in [-0.05, 0) is 52.0 Å². The molecule has 0 spiro atoms. The van der Waals surface area contributed by atoms with Crippen molar-refractivity contribution >= 4 is 96.2 Å². The fraction of sp³-hybridized carbons (Fsp3) is 0.158. The number of nitrogens with zero attached hydrogens (tertiary/aromatic N) is 1. The van der Waals surface area contributed by atoms with Crippen molar-refractivity contribution in [3.63, 3.8) is 0 Å². The van der Waals surface area contributed by atoms with Crippen LogP contribution in [0.1, 0.15) is 4.88 Å². The van der Waals surface area contributed by atoms with Gasteiger partial charge in [-0.25, -0.2) is 0 Å². The molecule has 138 valence electrons. The van der Waals surface area contributed by atoms with Gasteiger partial charge in [-0.15, -0.1) is 20.6 Å². The van der Waals surface area contributed by atoms with Gasteiger partial charge in [0.05, 0.1) is 14.3 Å². The number of rotatable bonds is 2. The zero-order chi connectivity index (χ0) is 19.2. The van der Waals surface area contributed by atoms with Gasteiger partial charge in [0.15, 0.2) is 4.91 Å². The minimum Gasteiger partial charge on any atom is -0.588 e. The van der Waals surface area contributed by atoms with Gasteiger partial charge in [-0.3, -0.25) is 0 Å². The van der Waals surface area contributed by atoms with Crippen LogP contribution in [-0.2, 0) is 11.4 Å². The fourth-order valence-electron chi connectivity index (χ4n) is 3.34. The fourth-order valence-corrected chi connectivity index (χ4v) is 7.91. The van der Waals surface area contributed by atoms with Crippen LogP contribution in [0, 0.1) is 2.88 Å². The monoisotopic (exact) mass is 635 g/mol. The summed E-state index contributed by atoms with van der Waals surface area (Å²) in [5, 5.41) is 0. The first-order valence-electron chi connectivity index (χ1n) is 8.47. The average Bonchev–Trinajstić information content (AvgIpc) is 2.76. The minimum absolute atomic E-state index is 0.0796. The van der Waals surface area contributed by atoms with E-state index in [9.17, 15) is 4.55 Å². The molecule has 1 aliphatic heterocycles. The van der Waals surface area contributed by atoms with Crippen LogP contribution in [0.5, 0.6) is 0 Å². The molecule has 0 saturated carbocycles. The summed E-state index contributed by atoms with van der Waals surface area (Å²) in [5.41, 5.74) is 3.95. The highest BCUT2D eigenvalue weighted by Crippen LogP contribution is 2.50. The van der Waals surface area contributed by atoms with Crippen molar-refractivity contribution in [3.05, 3.63) is 79.0 Å². The number of allylic oxidation sites excluding steroid dienone is 9. The second-order valence-electron chi connectivity index (χ2n) is 6.64. The molecule has 0 amide bonds. The molecule has 0 aromatic carbocycles. The highest BCUT2D eigenvalue weighted by Gasteiger charge is 2.39. The van der Waals surface area contributed by atoms with Gasteiger partial charge in [0.1, 0.15) is 24.9 Å². The Hall–Kier alpha value is 0.205. The molecule has 27 heavy (non-hydrogen) atoms. The van der Waals surface area contributed by atoms with E-state index in [1.165, 1.54) is 18.9 Å². The van der Waals surface area contributed by atoms with Crippen LogP contribution >= 0.6 is 65.8 Å². The highest BCUT2D eigenvalue weighted by atomic mass is 127. The maximum Gasteiger partial charge on any atom is 0.179 e. The Morgan fingerprint density at radius 3 is 2.93 bits per heavy atom. The number of fused-ring (bicyclic) bond motifs is 2. The summed E-state index contributed by atoms with van der Waals surface area (Å²) in [6, 6.07) is 2.17. The van der Waals surface area contributed by atoms with Crippen LogP contribution in [0.4, 0.5) is 5.69 Å². The van der Waals surface area contributed by atoms with Gasteiger partial charge in [-0.1, -0.05) is 65.1 Å². The van der Waals surface area contributed by atoms with E-state index in [0.717, 1.165) is 10.6 Å². The third kappa shape index (κ3) is 4.10. The molecule has 2 nitrogen and oxygen atoms in total. The molecule has 0 saturated heterocycles. The molecule has 1 aromatic rings. The van der Waals surface area contributed by atoms with E-state index in [1.807, 2.05) is 22.5 Å². The molecule has 8 heteroatoms.